The minimum absolute atomic E-state index is 0.0921. The van der Waals surface area contributed by atoms with Crippen molar-refractivity contribution in [2.75, 3.05) is 29.5 Å². The lowest BCUT2D eigenvalue weighted by molar-refractivity contribution is -0.137. The van der Waals surface area contributed by atoms with Gasteiger partial charge in [-0.1, -0.05) is 12.1 Å². The van der Waals surface area contributed by atoms with Gasteiger partial charge >= 0.3 is 6.18 Å². The zero-order valence-electron chi connectivity index (χ0n) is 14.4. The first kappa shape index (κ1) is 20.6. The molecule has 2 aromatic rings. The van der Waals surface area contributed by atoms with Crippen LogP contribution in [0.5, 0.6) is 5.75 Å². The van der Waals surface area contributed by atoms with Crippen LogP contribution in [-0.2, 0) is 21.0 Å². The quantitative estimate of drug-likeness (QED) is 0.806. The van der Waals surface area contributed by atoms with Crippen molar-refractivity contribution >= 4 is 27.3 Å². The number of ether oxygens (including phenoxy) is 1. The SMILES string of the molecule is CN(c1cccc(NC(=O)COc2cccc(C(F)(F)F)c2)c1)S(C)(=O)=O. The van der Waals surface area contributed by atoms with E-state index >= 15 is 0 Å². The van der Waals surface area contributed by atoms with Gasteiger partial charge in [0, 0.05) is 12.7 Å². The van der Waals surface area contributed by atoms with Crippen molar-refractivity contribution in [3.05, 3.63) is 54.1 Å². The van der Waals surface area contributed by atoms with Gasteiger partial charge in [0.25, 0.3) is 5.91 Å². The molecule has 0 saturated carbocycles. The molecule has 0 spiro atoms. The molecule has 0 unspecified atom stereocenters. The minimum atomic E-state index is -4.51. The molecule has 10 heteroatoms. The molecule has 2 rings (SSSR count). The van der Waals surface area contributed by atoms with Gasteiger partial charge in [-0.15, -0.1) is 0 Å². The molecular weight excluding hydrogens is 385 g/mol. The maximum Gasteiger partial charge on any atom is 0.416 e. The number of nitrogens with zero attached hydrogens (tertiary/aromatic N) is 1. The van der Waals surface area contributed by atoms with Crippen LogP contribution in [0.15, 0.2) is 48.5 Å². The molecule has 1 amide bonds. The molecule has 1 N–H and O–H groups in total. The Kier molecular flexibility index (Phi) is 5.99. The maximum absolute atomic E-state index is 12.7. The fourth-order valence-electron chi connectivity index (χ4n) is 2.08. The fourth-order valence-corrected chi connectivity index (χ4v) is 2.58. The van der Waals surface area contributed by atoms with Crippen LogP contribution in [0.1, 0.15) is 5.56 Å². The average Bonchev–Trinajstić information content (AvgIpc) is 2.58. The monoisotopic (exact) mass is 402 g/mol. The highest BCUT2D eigenvalue weighted by molar-refractivity contribution is 7.92. The van der Waals surface area contributed by atoms with Crippen molar-refractivity contribution in [2.45, 2.75) is 6.18 Å². The summed E-state index contributed by atoms with van der Waals surface area (Å²) in [5, 5.41) is 2.50. The number of hydrogen-bond acceptors (Lipinski definition) is 4. The molecule has 0 radical (unpaired) electrons. The second-order valence-corrected chi connectivity index (χ2v) is 7.66. The molecule has 0 aliphatic rings. The number of carbonyl (C=O) groups is 1. The average molecular weight is 402 g/mol. The van der Waals surface area contributed by atoms with E-state index in [2.05, 4.69) is 5.32 Å². The van der Waals surface area contributed by atoms with Crippen LogP contribution in [-0.4, -0.2) is 34.2 Å². The lowest BCUT2D eigenvalue weighted by Crippen LogP contribution is -2.25. The van der Waals surface area contributed by atoms with E-state index in [1.807, 2.05) is 0 Å². The van der Waals surface area contributed by atoms with Crippen molar-refractivity contribution in [1.82, 2.24) is 0 Å². The highest BCUT2D eigenvalue weighted by Gasteiger charge is 2.30. The number of halogens is 3. The summed E-state index contributed by atoms with van der Waals surface area (Å²) in [5.41, 5.74) is -0.216. The van der Waals surface area contributed by atoms with E-state index in [1.165, 1.54) is 25.2 Å². The summed E-state index contributed by atoms with van der Waals surface area (Å²) in [4.78, 5) is 12.0. The highest BCUT2D eigenvalue weighted by Crippen LogP contribution is 2.31. The van der Waals surface area contributed by atoms with Crippen LogP contribution >= 0.6 is 0 Å². The number of amides is 1. The van der Waals surface area contributed by atoms with Gasteiger partial charge < -0.3 is 10.1 Å². The number of nitrogens with one attached hydrogen (secondary N) is 1. The van der Waals surface area contributed by atoms with Gasteiger partial charge in [-0.05, 0) is 36.4 Å². The van der Waals surface area contributed by atoms with E-state index in [-0.39, 0.29) is 5.75 Å². The third-order valence-corrected chi connectivity index (χ3v) is 4.73. The number of alkyl halides is 3. The third-order valence-electron chi connectivity index (χ3n) is 3.52. The molecule has 0 aliphatic heterocycles. The summed E-state index contributed by atoms with van der Waals surface area (Å²) in [7, 11) is -2.09. The van der Waals surface area contributed by atoms with E-state index in [1.54, 1.807) is 18.2 Å². The van der Waals surface area contributed by atoms with Gasteiger partial charge in [-0.3, -0.25) is 9.10 Å². The number of benzene rings is 2. The molecule has 146 valence electrons. The molecule has 0 aliphatic carbocycles. The smallest absolute Gasteiger partial charge is 0.416 e. The largest absolute Gasteiger partial charge is 0.484 e. The molecule has 27 heavy (non-hydrogen) atoms. The normalized spacial score (nSPS) is 11.7. The minimum Gasteiger partial charge on any atom is -0.484 e. The van der Waals surface area contributed by atoms with Gasteiger partial charge in [0.2, 0.25) is 10.0 Å². The molecular formula is C17H17F3N2O4S. The Hall–Kier alpha value is -2.75. The van der Waals surface area contributed by atoms with Gasteiger partial charge in [0.1, 0.15) is 5.75 Å². The first-order valence-electron chi connectivity index (χ1n) is 7.61. The number of carbonyl (C=O) groups excluding carboxylic acids is 1. The summed E-state index contributed by atoms with van der Waals surface area (Å²) in [6, 6.07) is 10.3. The second-order valence-electron chi connectivity index (χ2n) is 5.64. The molecule has 2 aromatic carbocycles. The Labute approximate surface area is 154 Å². The molecule has 0 saturated heterocycles. The van der Waals surface area contributed by atoms with Crippen LogP contribution in [0.25, 0.3) is 0 Å². The molecule has 0 atom stereocenters. The summed E-state index contributed by atoms with van der Waals surface area (Å²) >= 11 is 0. The molecule has 0 fully saturated rings. The van der Waals surface area contributed by atoms with Crippen molar-refractivity contribution in [2.24, 2.45) is 0 Å². The van der Waals surface area contributed by atoms with E-state index in [0.29, 0.717) is 11.4 Å². The zero-order valence-corrected chi connectivity index (χ0v) is 15.3. The predicted molar refractivity (Wildman–Crippen MR) is 95.3 cm³/mol. The first-order valence-corrected chi connectivity index (χ1v) is 9.45. The van der Waals surface area contributed by atoms with Crippen molar-refractivity contribution in [3.63, 3.8) is 0 Å². The molecule has 0 heterocycles. The van der Waals surface area contributed by atoms with Crippen LogP contribution in [0, 0.1) is 0 Å². The molecule has 0 aromatic heterocycles. The Morgan fingerprint density at radius 1 is 1.15 bits per heavy atom. The Bertz CT molecular complexity index is 930. The summed E-state index contributed by atoms with van der Waals surface area (Å²) in [6.45, 7) is -0.506. The van der Waals surface area contributed by atoms with Crippen LogP contribution < -0.4 is 14.4 Å². The Morgan fingerprint density at radius 3 is 2.44 bits per heavy atom. The molecule has 0 bridgehead atoms. The summed E-state index contributed by atoms with van der Waals surface area (Å²) in [6.07, 6.45) is -3.46. The van der Waals surface area contributed by atoms with Gasteiger partial charge in [-0.2, -0.15) is 13.2 Å². The number of sulfonamides is 1. The van der Waals surface area contributed by atoms with Crippen molar-refractivity contribution in [3.8, 4) is 5.75 Å². The van der Waals surface area contributed by atoms with Gasteiger partial charge in [0.05, 0.1) is 17.5 Å². The maximum atomic E-state index is 12.7. The summed E-state index contributed by atoms with van der Waals surface area (Å²) < 4.78 is 67.2. The molecule has 6 nitrogen and oxygen atoms in total. The van der Waals surface area contributed by atoms with E-state index < -0.39 is 34.3 Å². The lowest BCUT2D eigenvalue weighted by atomic mass is 10.2. The van der Waals surface area contributed by atoms with Crippen LogP contribution in [0.4, 0.5) is 24.5 Å². The number of rotatable bonds is 6. The van der Waals surface area contributed by atoms with E-state index in [0.717, 1.165) is 22.7 Å². The standard InChI is InChI=1S/C17H17F3N2O4S/c1-22(27(2,24)25)14-7-4-6-13(10-14)21-16(23)11-26-15-8-3-5-12(9-15)17(18,19)20/h3-10H,11H2,1-2H3,(H,21,23). The Balaban J connectivity index is 2.01. The number of hydrogen-bond donors (Lipinski definition) is 1. The number of anilines is 2. The van der Waals surface area contributed by atoms with Crippen LogP contribution in [0.3, 0.4) is 0 Å². The Morgan fingerprint density at radius 2 is 1.81 bits per heavy atom. The topological polar surface area (TPSA) is 75.7 Å². The highest BCUT2D eigenvalue weighted by atomic mass is 32.2. The zero-order chi connectivity index (χ0) is 20.2. The van der Waals surface area contributed by atoms with Gasteiger partial charge in [0.15, 0.2) is 6.61 Å². The van der Waals surface area contributed by atoms with Crippen molar-refractivity contribution in [1.29, 1.82) is 0 Å². The van der Waals surface area contributed by atoms with Crippen LogP contribution in [0.2, 0.25) is 0 Å². The first-order chi connectivity index (χ1) is 12.5. The van der Waals surface area contributed by atoms with E-state index in [9.17, 15) is 26.4 Å². The second kappa shape index (κ2) is 7.87. The van der Waals surface area contributed by atoms with Gasteiger partial charge in [-0.25, -0.2) is 8.42 Å². The summed E-state index contributed by atoms with van der Waals surface area (Å²) in [5.74, 6) is -0.697. The van der Waals surface area contributed by atoms with E-state index in [4.69, 9.17) is 4.74 Å². The predicted octanol–water partition coefficient (Wildman–Crippen LogP) is 3.12. The third kappa shape index (κ3) is 5.88. The lowest BCUT2D eigenvalue weighted by Gasteiger charge is -2.17. The fraction of sp³-hybridized carbons (Fsp3) is 0.235. The van der Waals surface area contributed by atoms with Crippen molar-refractivity contribution < 1.29 is 31.1 Å².